The summed E-state index contributed by atoms with van der Waals surface area (Å²) in [5, 5.41) is 0. The molecule has 102 valence electrons. The van der Waals surface area contributed by atoms with Gasteiger partial charge in [-0.25, -0.2) is 0 Å². The maximum Gasteiger partial charge on any atom is 0.0326 e. The number of likely N-dealkylation sites (N-methyl/N-ethyl adjacent to an activating group) is 1. The summed E-state index contributed by atoms with van der Waals surface area (Å²) in [5.74, 6) is 0. The molecule has 0 aliphatic carbocycles. The highest BCUT2D eigenvalue weighted by molar-refractivity contribution is 5.08. The normalized spacial score (nSPS) is 26.4. The Morgan fingerprint density at radius 3 is 1.76 bits per heavy atom. The molecule has 2 atom stereocenters. The Kier molecular flexibility index (Phi) is 5.93. The van der Waals surface area contributed by atoms with E-state index in [1.165, 1.54) is 6.42 Å². The molecule has 1 aliphatic rings. The molecule has 17 heavy (non-hydrogen) atoms. The second-order valence-electron chi connectivity index (χ2n) is 7.02. The van der Waals surface area contributed by atoms with Gasteiger partial charge in [-0.05, 0) is 24.3 Å². The molecule has 0 aromatic rings. The van der Waals surface area contributed by atoms with Gasteiger partial charge in [0.2, 0.25) is 0 Å². The van der Waals surface area contributed by atoms with Crippen molar-refractivity contribution in [3.8, 4) is 0 Å². The highest BCUT2D eigenvalue weighted by Gasteiger charge is 2.37. The summed E-state index contributed by atoms with van der Waals surface area (Å²) in [4.78, 5) is 2.56. The molecule has 0 bridgehead atoms. The average Bonchev–Trinajstić information content (AvgIpc) is 2.17. The van der Waals surface area contributed by atoms with E-state index >= 15 is 0 Å². The molecule has 1 nitrogen and oxygen atoms in total. The van der Waals surface area contributed by atoms with Crippen LogP contribution in [-0.2, 0) is 0 Å². The molecule has 1 rings (SSSR count). The summed E-state index contributed by atoms with van der Waals surface area (Å²) < 4.78 is 0. The topological polar surface area (TPSA) is 3.24 Å². The number of rotatable bonds is 0. The molecule has 0 fully saturated rings. The Morgan fingerprint density at radius 1 is 0.941 bits per heavy atom. The third-order valence-corrected chi connectivity index (χ3v) is 3.50. The smallest absolute Gasteiger partial charge is 0.0326 e. The zero-order chi connectivity index (χ0) is 13.9. The summed E-state index contributed by atoms with van der Waals surface area (Å²) in [6.07, 6.45) is 5.93. The summed E-state index contributed by atoms with van der Waals surface area (Å²) in [6, 6.07) is 1.22. The van der Waals surface area contributed by atoms with E-state index in [1.807, 2.05) is 13.8 Å². The Morgan fingerprint density at radius 2 is 1.41 bits per heavy atom. The van der Waals surface area contributed by atoms with Gasteiger partial charge in [0.1, 0.15) is 0 Å². The predicted molar refractivity (Wildman–Crippen MR) is 79.4 cm³/mol. The zero-order valence-electron chi connectivity index (χ0n) is 13.5. The first-order valence-corrected chi connectivity index (χ1v) is 7.02. The van der Waals surface area contributed by atoms with Crippen LogP contribution in [0.3, 0.4) is 0 Å². The van der Waals surface area contributed by atoms with E-state index < -0.39 is 0 Å². The fourth-order valence-corrected chi connectivity index (χ4v) is 2.70. The number of nitrogens with zero attached hydrogens (tertiary/aromatic N) is 1. The lowest BCUT2D eigenvalue weighted by atomic mass is 9.76. The summed E-state index contributed by atoms with van der Waals surface area (Å²) in [7, 11) is 2.27. The third kappa shape index (κ3) is 4.46. The van der Waals surface area contributed by atoms with Crippen molar-refractivity contribution in [1.82, 2.24) is 4.90 Å². The van der Waals surface area contributed by atoms with Crippen molar-refractivity contribution >= 4 is 0 Å². The van der Waals surface area contributed by atoms with Gasteiger partial charge in [0.25, 0.3) is 0 Å². The molecule has 0 N–H and O–H groups in total. The van der Waals surface area contributed by atoms with Gasteiger partial charge in [-0.3, -0.25) is 4.90 Å². The van der Waals surface area contributed by atoms with Gasteiger partial charge in [-0.1, -0.05) is 67.5 Å². The summed E-state index contributed by atoms with van der Waals surface area (Å²) >= 11 is 0. The third-order valence-electron chi connectivity index (χ3n) is 3.50. The van der Waals surface area contributed by atoms with Crippen molar-refractivity contribution in [3.63, 3.8) is 0 Å². The molecule has 0 aromatic carbocycles. The van der Waals surface area contributed by atoms with Gasteiger partial charge in [-0.15, -0.1) is 0 Å². The largest absolute Gasteiger partial charge is 0.296 e. The minimum absolute atomic E-state index is 0.329. The van der Waals surface area contributed by atoms with Crippen LogP contribution in [0.25, 0.3) is 0 Å². The molecule has 0 aromatic heterocycles. The summed E-state index contributed by atoms with van der Waals surface area (Å²) in [5.41, 5.74) is 0.693. The van der Waals surface area contributed by atoms with Gasteiger partial charge < -0.3 is 0 Å². The zero-order valence-corrected chi connectivity index (χ0v) is 13.5. The molecular formula is C16H33N. The minimum atomic E-state index is 0.329. The molecule has 1 heterocycles. The van der Waals surface area contributed by atoms with E-state index in [-0.39, 0.29) is 0 Å². The van der Waals surface area contributed by atoms with E-state index in [0.717, 1.165) is 0 Å². The molecular weight excluding hydrogens is 206 g/mol. The molecule has 1 aliphatic heterocycles. The van der Waals surface area contributed by atoms with Crippen molar-refractivity contribution < 1.29 is 0 Å². The number of hydrogen-bond acceptors (Lipinski definition) is 1. The molecule has 0 spiro atoms. The van der Waals surface area contributed by atoms with Crippen LogP contribution in [0.4, 0.5) is 0 Å². The van der Waals surface area contributed by atoms with E-state index in [2.05, 4.69) is 65.6 Å². The second-order valence-corrected chi connectivity index (χ2v) is 7.02. The minimum Gasteiger partial charge on any atom is -0.296 e. The lowest BCUT2D eigenvalue weighted by Crippen LogP contribution is -2.52. The molecule has 2 unspecified atom stereocenters. The van der Waals surface area contributed by atoms with E-state index in [9.17, 15) is 0 Å². The quantitative estimate of drug-likeness (QED) is 0.552. The second kappa shape index (κ2) is 6.04. The number of hydrogen-bond donors (Lipinski definition) is 0. The highest BCUT2D eigenvalue weighted by Crippen LogP contribution is 2.36. The first-order valence-electron chi connectivity index (χ1n) is 7.02. The van der Waals surface area contributed by atoms with Crippen LogP contribution in [0, 0.1) is 10.8 Å². The van der Waals surface area contributed by atoms with Crippen LogP contribution in [0.15, 0.2) is 12.2 Å². The van der Waals surface area contributed by atoms with Crippen LogP contribution in [-0.4, -0.2) is 24.0 Å². The van der Waals surface area contributed by atoms with Crippen molar-refractivity contribution in [2.45, 2.75) is 73.9 Å². The van der Waals surface area contributed by atoms with Crippen LogP contribution in [0.5, 0.6) is 0 Å². The maximum atomic E-state index is 2.56. The van der Waals surface area contributed by atoms with Gasteiger partial charge >= 0.3 is 0 Å². The van der Waals surface area contributed by atoms with E-state index in [1.54, 1.807) is 0 Å². The lowest BCUT2D eigenvalue weighted by molar-refractivity contribution is 0.0493. The lowest BCUT2D eigenvalue weighted by Gasteiger charge is -2.47. The van der Waals surface area contributed by atoms with Crippen LogP contribution in [0.1, 0.15) is 61.8 Å². The Balaban J connectivity index is 0.00000121. The predicted octanol–water partition coefficient (Wildman–Crippen LogP) is 4.73. The van der Waals surface area contributed by atoms with Crippen molar-refractivity contribution in [1.29, 1.82) is 0 Å². The molecule has 0 radical (unpaired) electrons. The molecule has 0 amide bonds. The molecule has 0 saturated heterocycles. The Hall–Kier alpha value is -0.300. The van der Waals surface area contributed by atoms with Crippen LogP contribution >= 0.6 is 0 Å². The molecule has 0 saturated carbocycles. The van der Waals surface area contributed by atoms with Crippen LogP contribution < -0.4 is 0 Å². The molecule has 1 heteroatoms. The van der Waals surface area contributed by atoms with E-state index in [0.29, 0.717) is 22.9 Å². The van der Waals surface area contributed by atoms with Crippen molar-refractivity contribution in [3.05, 3.63) is 12.2 Å². The van der Waals surface area contributed by atoms with Gasteiger partial charge in [0.15, 0.2) is 0 Å². The van der Waals surface area contributed by atoms with Crippen LogP contribution in [0.2, 0.25) is 0 Å². The first-order chi connectivity index (χ1) is 7.64. The van der Waals surface area contributed by atoms with Gasteiger partial charge in [0, 0.05) is 12.1 Å². The SMILES string of the molecule is CC.CN1C(C(C)(C)C)C=CCC1C(C)(C)C. The standard InChI is InChI=1S/C14H27N.C2H6/c1-13(2,3)11-9-8-10-12(15(11)7)14(4,5)6;1-2/h8-9,11-12H,10H2,1-7H3;1-2H3. The Labute approximate surface area is 109 Å². The van der Waals surface area contributed by atoms with Gasteiger partial charge in [-0.2, -0.15) is 0 Å². The Bertz CT molecular complexity index is 239. The maximum absolute atomic E-state index is 2.56. The van der Waals surface area contributed by atoms with E-state index in [4.69, 9.17) is 0 Å². The monoisotopic (exact) mass is 239 g/mol. The highest BCUT2D eigenvalue weighted by atomic mass is 15.2. The van der Waals surface area contributed by atoms with Crippen molar-refractivity contribution in [2.75, 3.05) is 7.05 Å². The fraction of sp³-hybridized carbons (Fsp3) is 0.875. The summed E-state index contributed by atoms with van der Waals surface area (Å²) in [6.45, 7) is 18.0. The average molecular weight is 239 g/mol. The van der Waals surface area contributed by atoms with Gasteiger partial charge in [0.05, 0.1) is 0 Å². The van der Waals surface area contributed by atoms with Crippen molar-refractivity contribution in [2.24, 2.45) is 10.8 Å². The fourth-order valence-electron chi connectivity index (χ4n) is 2.70. The first kappa shape index (κ1) is 16.7.